The standard InChI is InChI=1S/C70H82N4O6S2/c1-7-13-17-19-43-79-58-35-31-56(32-36-58)74(57-33-37-59(38-34-57)80-44-20-18-14-8-2)55-29-27-53(28-30-55)61-40-42-63(82-61)67-65-64(68(75)73(67)48-50(12-6)22-16-10-4)66(72(69(65)76)47-49(11-5)21-15-9-3)62-41-39-60(81-62)52-25-23-51(24-26-52)45-54(46-71)70(77)78/h23-42,45,49-50H,7-22,43-44,47-48H2,1-6H3,(H,77,78)/b54-45-. The third-order valence-electron chi connectivity index (χ3n) is 15.8. The van der Waals surface area contributed by atoms with E-state index in [0.29, 0.717) is 54.4 Å². The van der Waals surface area contributed by atoms with Crippen LogP contribution in [-0.2, 0) is 14.4 Å². The quantitative estimate of drug-likeness (QED) is 0.0246. The maximum absolute atomic E-state index is 15.6. The van der Waals surface area contributed by atoms with Gasteiger partial charge in [0.05, 0.1) is 45.5 Å². The van der Waals surface area contributed by atoms with Crippen molar-refractivity contribution in [2.45, 2.75) is 144 Å². The van der Waals surface area contributed by atoms with Crippen molar-refractivity contribution in [1.29, 1.82) is 5.26 Å². The van der Waals surface area contributed by atoms with Crippen LogP contribution >= 0.6 is 22.7 Å². The largest absolute Gasteiger partial charge is 0.494 e. The van der Waals surface area contributed by atoms with Crippen LogP contribution in [-0.4, -0.2) is 59.0 Å². The van der Waals surface area contributed by atoms with Gasteiger partial charge in [-0.3, -0.25) is 9.59 Å². The second-order valence-corrected chi connectivity index (χ2v) is 23.9. The SMILES string of the molecule is CCCCCCOc1ccc(N(c2ccc(OCCCCCC)cc2)c2ccc(-c3ccc(C4=C5C(=O)N(CC(CC)CCCC)C(c6ccc(-c7ccc(/C=C(/C#N)C(=O)O)cc7)s6)=C5C(=O)N4CC(CC)CCCC)s3)cc2)cc1. The molecule has 0 spiro atoms. The third kappa shape index (κ3) is 14.9. The van der Waals surface area contributed by atoms with Gasteiger partial charge >= 0.3 is 5.97 Å². The summed E-state index contributed by atoms with van der Waals surface area (Å²) in [6.45, 7) is 15.7. The molecule has 2 aliphatic heterocycles. The van der Waals surface area contributed by atoms with E-state index in [1.165, 1.54) is 44.6 Å². The Balaban J connectivity index is 1.16. The average molecular weight is 1140 g/mol. The summed E-state index contributed by atoms with van der Waals surface area (Å²) in [6.07, 6.45) is 18.6. The van der Waals surface area contributed by atoms with Gasteiger partial charge < -0.3 is 29.3 Å². The molecule has 0 radical (unpaired) electrons. The number of nitriles is 1. The molecule has 6 aromatic rings. The second-order valence-electron chi connectivity index (χ2n) is 21.7. The molecule has 0 aliphatic carbocycles. The molecule has 2 aromatic heterocycles. The number of hydrogen-bond donors (Lipinski definition) is 1. The molecule has 8 rings (SSSR count). The normalized spacial score (nSPS) is 14.2. The maximum Gasteiger partial charge on any atom is 0.346 e. The number of thiophene rings is 2. The molecule has 0 saturated heterocycles. The Morgan fingerprint density at radius 3 is 1.30 bits per heavy atom. The lowest BCUT2D eigenvalue weighted by Gasteiger charge is -2.29. The van der Waals surface area contributed by atoms with E-state index >= 15 is 9.59 Å². The molecule has 0 saturated carbocycles. The van der Waals surface area contributed by atoms with Gasteiger partial charge in [-0.2, -0.15) is 5.26 Å². The number of anilines is 3. The molecule has 4 heterocycles. The molecule has 1 N–H and O–H groups in total. The minimum Gasteiger partial charge on any atom is -0.494 e. The molecule has 12 heteroatoms. The number of unbranched alkanes of at least 4 members (excludes halogenated alkanes) is 8. The molecule has 2 aliphatic rings. The number of carbonyl (C=O) groups excluding carboxylic acids is 2. The van der Waals surface area contributed by atoms with Crippen LogP contribution < -0.4 is 14.4 Å². The molecule has 2 amide bonds. The van der Waals surface area contributed by atoms with Crippen LogP contribution in [0.4, 0.5) is 17.1 Å². The first kappa shape index (κ1) is 60.9. The number of hydrogen-bond acceptors (Lipinski definition) is 9. The predicted octanol–water partition coefficient (Wildman–Crippen LogP) is 18.8. The summed E-state index contributed by atoms with van der Waals surface area (Å²) in [6, 6.07) is 42.8. The van der Waals surface area contributed by atoms with Crippen molar-refractivity contribution in [2.75, 3.05) is 31.2 Å². The summed E-state index contributed by atoms with van der Waals surface area (Å²) < 4.78 is 12.3. The van der Waals surface area contributed by atoms with Crippen molar-refractivity contribution < 1.29 is 29.0 Å². The molecular weight excluding hydrogens is 1060 g/mol. The van der Waals surface area contributed by atoms with Gasteiger partial charge in [0, 0.05) is 39.9 Å². The summed E-state index contributed by atoms with van der Waals surface area (Å²) in [5, 5.41) is 18.8. The molecule has 2 atom stereocenters. The molecular formula is C70H82N4O6S2. The monoisotopic (exact) mass is 1140 g/mol. The number of benzene rings is 4. The van der Waals surface area contributed by atoms with E-state index in [1.54, 1.807) is 40.9 Å². The van der Waals surface area contributed by atoms with Crippen LogP contribution in [0.5, 0.6) is 11.5 Å². The molecule has 0 bridgehead atoms. The highest BCUT2D eigenvalue weighted by Crippen LogP contribution is 2.51. The number of fused-ring (bicyclic) bond motifs is 1. The van der Waals surface area contributed by atoms with Crippen LogP contribution in [0.3, 0.4) is 0 Å². The fourth-order valence-corrected chi connectivity index (χ4v) is 13.1. The van der Waals surface area contributed by atoms with Gasteiger partial charge in [-0.05, 0) is 145 Å². The maximum atomic E-state index is 15.6. The van der Waals surface area contributed by atoms with Gasteiger partial charge in [0.2, 0.25) is 0 Å². The Kier molecular flexibility index (Phi) is 22.4. The average Bonchev–Trinajstić information content (AvgIpc) is 2.11. The number of ether oxygens (including phenoxy) is 2. The number of amides is 2. The van der Waals surface area contributed by atoms with Gasteiger partial charge in [-0.1, -0.05) is 155 Å². The van der Waals surface area contributed by atoms with Gasteiger partial charge in [-0.25, -0.2) is 4.79 Å². The molecule has 430 valence electrons. The van der Waals surface area contributed by atoms with Gasteiger partial charge in [0.15, 0.2) is 0 Å². The van der Waals surface area contributed by atoms with Gasteiger partial charge in [0.1, 0.15) is 23.1 Å². The Hall–Kier alpha value is -7.20. The Bertz CT molecular complexity index is 3160. The molecule has 4 aromatic carbocycles. The third-order valence-corrected chi connectivity index (χ3v) is 18.1. The number of rotatable bonds is 33. The van der Waals surface area contributed by atoms with Crippen molar-refractivity contribution in [1.82, 2.24) is 9.80 Å². The second kappa shape index (κ2) is 30.2. The Labute approximate surface area is 495 Å². The van der Waals surface area contributed by atoms with Crippen molar-refractivity contribution in [3.05, 3.63) is 153 Å². The van der Waals surface area contributed by atoms with Gasteiger partial charge in [-0.15, -0.1) is 22.7 Å². The lowest BCUT2D eigenvalue weighted by atomic mass is 9.98. The van der Waals surface area contributed by atoms with E-state index < -0.39 is 5.97 Å². The highest BCUT2D eigenvalue weighted by atomic mass is 32.1. The highest BCUT2D eigenvalue weighted by Gasteiger charge is 2.50. The van der Waals surface area contributed by atoms with Crippen molar-refractivity contribution in [3.63, 3.8) is 0 Å². The predicted molar refractivity (Wildman–Crippen MR) is 339 cm³/mol. The van der Waals surface area contributed by atoms with Crippen molar-refractivity contribution in [2.24, 2.45) is 11.8 Å². The zero-order chi connectivity index (χ0) is 58.0. The van der Waals surface area contributed by atoms with Crippen LogP contribution in [0.15, 0.2) is 138 Å². The first-order valence-corrected chi connectivity index (χ1v) is 31.8. The van der Waals surface area contributed by atoms with Crippen LogP contribution in [0, 0.1) is 23.2 Å². The lowest BCUT2D eigenvalue weighted by molar-refractivity contribution is -0.132. The molecule has 2 unspecified atom stereocenters. The number of nitrogens with zero attached hydrogens (tertiary/aromatic N) is 4. The summed E-state index contributed by atoms with van der Waals surface area (Å²) in [4.78, 5) is 52.5. The Morgan fingerprint density at radius 2 is 0.927 bits per heavy atom. The minimum atomic E-state index is -1.27. The van der Waals surface area contributed by atoms with E-state index in [4.69, 9.17) is 9.47 Å². The van der Waals surface area contributed by atoms with Crippen LogP contribution in [0.2, 0.25) is 0 Å². The van der Waals surface area contributed by atoms with E-state index in [2.05, 4.69) is 131 Å². The molecule has 0 fully saturated rings. The van der Waals surface area contributed by atoms with Crippen LogP contribution in [0.1, 0.15) is 160 Å². The topological polar surface area (TPSA) is 123 Å². The number of carbonyl (C=O) groups is 3. The van der Waals surface area contributed by atoms with Gasteiger partial charge in [0.25, 0.3) is 11.8 Å². The highest BCUT2D eigenvalue weighted by molar-refractivity contribution is 7.17. The first-order chi connectivity index (χ1) is 40.0. The van der Waals surface area contributed by atoms with Crippen molar-refractivity contribution in [3.8, 4) is 38.4 Å². The van der Waals surface area contributed by atoms with E-state index in [1.807, 2.05) is 34.1 Å². The fraction of sp³-hybridized carbons (Fsp3) is 0.400. The minimum absolute atomic E-state index is 0.122. The number of aliphatic carboxylic acids is 1. The lowest BCUT2D eigenvalue weighted by Crippen LogP contribution is -2.34. The summed E-state index contributed by atoms with van der Waals surface area (Å²) in [5.41, 5.74) is 7.59. The molecule has 10 nitrogen and oxygen atoms in total. The van der Waals surface area contributed by atoms with E-state index in [9.17, 15) is 15.2 Å². The fourth-order valence-electron chi connectivity index (χ4n) is 10.9. The molecule has 82 heavy (non-hydrogen) atoms. The number of carboxylic acids is 1. The zero-order valence-corrected chi connectivity index (χ0v) is 50.6. The number of carboxylic acid groups (broad SMARTS) is 1. The van der Waals surface area contributed by atoms with Crippen LogP contribution in [0.25, 0.3) is 38.4 Å². The van der Waals surface area contributed by atoms with Crippen molar-refractivity contribution >= 4 is 75.0 Å². The zero-order valence-electron chi connectivity index (χ0n) is 49.0. The Morgan fingerprint density at radius 1 is 0.537 bits per heavy atom. The summed E-state index contributed by atoms with van der Waals surface area (Å²) >= 11 is 3.16. The van der Waals surface area contributed by atoms with E-state index in [0.717, 1.165) is 123 Å². The summed E-state index contributed by atoms with van der Waals surface area (Å²) in [5.74, 6) is 0.701. The summed E-state index contributed by atoms with van der Waals surface area (Å²) in [7, 11) is 0. The van der Waals surface area contributed by atoms with E-state index in [-0.39, 0.29) is 29.2 Å². The smallest absolute Gasteiger partial charge is 0.346 e. The first-order valence-electron chi connectivity index (χ1n) is 30.2.